The summed E-state index contributed by atoms with van der Waals surface area (Å²) in [6.07, 6.45) is -0.0704. The van der Waals surface area contributed by atoms with Crippen molar-refractivity contribution in [2.75, 3.05) is 38.9 Å². The van der Waals surface area contributed by atoms with E-state index in [1.165, 1.54) is 7.11 Å². The maximum absolute atomic E-state index is 12.1. The Balaban J connectivity index is 2.75. The van der Waals surface area contributed by atoms with Crippen LogP contribution in [0.4, 0.5) is 0 Å². The second-order valence-electron chi connectivity index (χ2n) is 4.46. The lowest BCUT2D eigenvalue weighted by Gasteiger charge is -2.30. The first-order valence-electron chi connectivity index (χ1n) is 5.94. The van der Waals surface area contributed by atoms with E-state index in [2.05, 4.69) is 0 Å². The third-order valence-corrected chi connectivity index (χ3v) is 4.92. The molecule has 7 heteroatoms. The van der Waals surface area contributed by atoms with Gasteiger partial charge in [0.2, 0.25) is 0 Å². The number of methoxy groups -OCH3 is 2. The van der Waals surface area contributed by atoms with Crippen LogP contribution in [0.2, 0.25) is 0 Å². The summed E-state index contributed by atoms with van der Waals surface area (Å²) in [5.74, 6) is 0.00551. The second-order valence-corrected chi connectivity index (χ2v) is 6.69. The molecule has 0 N–H and O–H groups in total. The van der Waals surface area contributed by atoms with Crippen molar-refractivity contribution < 1.29 is 22.7 Å². The zero-order chi connectivity index (χ0) is 13.8. The molecule has 1 aliphatic rings. The van der Waals surface area contributed by atoms with Gasteiger partial charge in [0.15, 0.2) is 9.84 Å². The van der Waals surface area contributed by atoms with Crippen molar-refractivity contribution in [3.05, 3.63) is 0 Å². The first kappa shape index (κ1) is 15.4. The highest BCUT2D eigenvalue weighted by atomic mass is 32.2. The molecule has 0 bridgehead atoms. The van der Waals surface area contributed by atoms with E-state index in [9.17, 15) is 13.2 Å². The van der Waals surface area contributed by atoms with Crippen LogP contribution in [-0.2, 0) is 24.1 Å². The lowest BCUT2D eigenvalue weighted by atomic mass is 10.2. The molecular weight excluding hydrogens is 258 g/mol. The van der Waals surface area contributed by atoms with Crippen molar-refractivity contribution in [3.8, 4) is 0 Å². The predicted octanol–water partition coefficient (Wildman–Crippen LogP) is -0.317. The monoisotopic (exact) mass is 279 g/mol. The van der Waals surface area contributed by atoms with Gasteiger partial charge in [-0.25, -0.2) is 8.42 Å². The SMILES string of the molecule is COCCN(C(=O)C(C)OC)C1CCS(=O)(=O)C1. The Morgan fingerprint density at radius 2 is 2.11 bits per heavy atom. The van der Waals surface area contributed by atoms with Gasteiger partial charge >= 0.3 is 0 Å². The van der Waals surface area contributed by atoms with Crippen LogP contribution in [-0.4, -0.2) is 70.2 Å². The van der Waals surface area contributed by atoms with Gasteiger partial charge in [0.25, 0.3) is 5.91 Å². The molecule has 0 aromatic heterocycles. The zero-order valence-corrected chi connectivity index (χ0v) is 11.9. The highest BCUT2D eigenvalue weighted by Gasteiger charge is 2.35. The largest absolute Gasteiger partial charge is 0.383 e. The third-order valence-electron chi connectivity index (χ3n) is 3.17. The summed E-state index contributed by atoms with van der Waals surface area (Å²) in [4.78, 5) is 13.7. The Kier molecular flexibility index (Phi) is 5.55. The minimum Gasteiger partial charge on any atom is -0.383 e. The lowest BCUT2D eigenvalue weighted by Crippen LogP contribution is -2.47. The van der Waals surface area contributed by atoms with Gasteiger partial charge in [-0.1, -0.05) is 0 Å². The minimum atomic E-state index is -3.01. The first-order valence-corrected chi connectivity index (χ1v) is 7.76. The molecule has 1 fully saturated rings. The minimum absolute atomic E-state index is 0.0406. The van der Waals surface area contributed by atoms with Crippen molar-refractivity contribution in [1.82, 2.24) is 4.90 Å². The average Bonchev–Trinajstić information content (AvgIpc) is 2.68. The number of hydrogen-bond donors (Lipinski definition) is 0. The fraction of sp³-hybridized carbons (Fsp3) is 0.909. The molecule has 1 saturated heterocycles. The van der Waals surface area contributed by atoms with Crippen molar-refractivity contribution >= 4 is 15.7 Å². The summed E-state index contributed by atoms with van der Waals surface area (Å²) in [7, 11) is 0.00319. The predicted molar refractivity (Wildman–Crippen MR) is 67.1 cm³/mol. The summed E-state index contributed by atoms with van der Waals surface area (Å²) in [6, 6.07) is -0.254. The molecule has 106 valence electrons. The van der Waals surface area contributed by atoms with Crippen LogP contribution in [0.1, 0.15) is 13.3 Å². The number of amides is 1. The lowest BCUT2D eigenvalue weighted by molar-refractivity contribution is -0.143. The topological polar surface area (TPSA) is 72.9 Å². The van der Waals surface area contributed by atoms with Gasteiger partial charge in [0, 0.05) is 26.8 Å². The second kappa shape index (κ2) is 6.49. The van der Waals surface area contributed by atoms with E-state index < -0.39 is 15.9 Å². The summed E-state index contributed by atoms with van der Waals surface area (Å²) >= 11 is 0. The Hall–Kier alpha value is -0.660. The van der Waals surface area contributed by atoms with Gasteiger partial charge in [0.05, 0.1) is 18.1 Å². The normalized spacial score (nSPS) is 23.8. The van der Waals surface area contributed by atoms with E-state index in [1.807, 2.05) is 0 Å². The van der Waals surface area contributed by atoms with Gasteiger partial charge < -0.3 is 14.4 Å². The number of carbonyl (C=O) groups excluding carboxylic acids is 1. The molecule has 0 aromatic rings. The Morgan fingerprint density at radius 1 is 1.44 bits per heavy atom. The number of rotatable bonds is 6. The molecule has 1 amide bonds. The molecule has 1 rings (SSSR count). The zero-order valence-electron chi connectivity index (χ0n) is 11.1. The summed E-state index contributed by atoms with van der Waals surface area (Å²) in [6.45, 7) is 2.44. The van der Waals surface area contributed by atoms with E-state index in [-0.39, 0.29) is 23.5 Å². The molecule has 1 heterocycles. The van der Waals surface area contributed by atoms with Gasteiger partial charge in [-0.3, -0.25) is 4.79 Å². The summed E-state index contributed by atoms with van der Waals surface area (Å²) in [5.41, 5.74) is 0. The van der Waals surface area contributed by atoms with Crippen LogP contribution in [0.25, 0.3) is 0 Å². The molecular formula is C11H21NO5S. The van der Waals surface area contributed by atoms with Gasteiger partial charge in [-0.05, 0) is 13.3 Å². The molecule has 0 radical (unpaired) electrons. The fourth-order valence-corrected chi connectivity index (χ4v) is 3.75. The highest BCUT2D eigenvalue weighted by molar-refractivity contribution is 7.91. The van der Waals surface area contributed by atoms with Crippen LogP contribution < -0.4 is 0 Å². The van der Waals surface area contributed by atoms with Crippen molar-refractivity contribution in [2.24, 2.45) is 0 Å². The van der Waals surface area contributed by atoms with Crippen LogP contribution >= 0.6 is 0 Å². The smallest absolute Gasteiger partial charge is 0.251 e. The first-order chi connectivity index (χ1) is 8.41. The van der Waals surface area contributed by atoms with E-state index in [0.717, 1.165) is 0 Å². The Morgan fingerprint density at radius 3 is 2.56 bits per heavy atom. The molecule has 0 aliphatic carbocycles. The molecule has 0 aromatic carbocycles. The van der Waals surface area contributed by atoms with Crippen molar-refractivity contribution in [3.63, 3.8) is 0 Å². The van der Waals surface area contributed by atoms with E-state index in [0.29, 0.717) is 19.6 Å². The number of nitrogens with zero attached hydrogens (tertiary/aromatic N) is 1. The quantitative estimate of drug-likeness (QED) is 0.666. The van der Waals surface area contributed by atoms with Crippen LogP contribution in [0.5, 0.6) is 0 Å². The van der Waals surface area contributed by atoms with Gasteiger partial charge in [-0.2, -0.15) is 0 Å². The van der Waals surface area contributed by atoms with E-state index >= 15 is 0 Å². The van der Waals surface area contributed by atoms with Gasteiger partial charge in [0.1, 0.15) is 6.10 Å². The van der Waals surface area contributed by atoms with E-state index in [4.69, 9.17) is 9.47 Å². The Bertz CT molecular complexity index is 381. The highest BCUT2D eigenvalue weighted by Crippen LogP contribution is 2.18. The van der Waals surface area contributed by atoms with Crippen LogP contribution in [0, 0.1) is 0 Å². The molecule has 6 nitrogen and oxygen atoms in total. The molecule has 0 saturated carbocycles. The summed E-state index contributed by atoms with van der Waals surface area (Å²) in [5, 5.41) is 0. The van der Waals surface area contributed by atoms with Crippen molar-refractivity contribution in [1.29, 1.82) is 0 Å². The number of ether oxygens (including phenoxy) is 2. The van der Waals surface area contributed by atoms with Gasteiger partial charge in [-0.15, -0.1) is 0 Å². The number of carbonyl (C=O) groups is 1. The van der Waals surface area contributed by atoms with E-state index in [1.54, 1.807) is 18.9 Å². The number of sulfone groups is 1. The van der Waals surface area contributed by atoms with Crippen molar-refractivity contribution in [2.45, 2.75) is 25.5 Å². The summed E-state index contributed by atoms with van der Waals surface area (Å²) < 4.78 is 32.9. The molecule has 18 heavy (non-hydrogen) atoms. The average molecular weight is 279 g/mol. The molecule has 2 atom stereocenters. The fourth-order valence-electron chi connectivity index (χ4n) is 2.02. The number of hydrogen-bond acceptors (Lipinski definition) is 5. The van der Waals surface area contributed by atoms with Crippen LogP contribution in [0.3, 0.4) is 0 Å². The maximum Gasteiger partial charge on any atom is 0.251 e. The Labute approximate surface area is 108 Å². The van der Waals surface area contributed by atoms with Crippen LogP contribution in [0.15, 0.2) is 0 Å². The molecule has 0 spiro atoms. The molecule has 2 unspecified atom stereocenters. The molecule has 1 aliphatic heterocycles. The maximum atomic E-state index is 12.1. The standard InChI is InChI=1S/C11H21NO5S/c1-9(17-3)11(13)12(5-6-16-2)10-4-7-18(14,15)8-10/h9-10H,4-8H2,1-3H3. The third kappa shape index (κ3) is 3.93.